The fourth-order valence-corrected chi connectivity index (χ4v) is 2.68. The van der Waals surface area contributed by atoms with E-state index >= 15 is 0 Å². The molecule has 0 saturated heterocycles. The number of rotatable bonds is 0. The maximum Gasteiger partial charge on any atom is 0.137 e. The molecule has 0 atom stereocenters. The highest BCUT2D eigenvalue weighted by Gasteiger charge is 2.13. The predicted molar refractivity (Wildman–Crippen MR) is 66.1 cm³/mol. The molecule has 3 heteroatoms. The van der Waals surface area contributed by atoms with Gasteiger partial charge in [0.15, 0.2) is 0 Å². The summed E-state index contributed by atoms with van der Waals surface area (Å²) in [6.07, 6.45) is 9.47. The highest BCUT2D eigenvalue weighted by Crippen LogP contribution is 2.22. The van der Waals surface area contributed by atoms with Gasteiger partial charge >= 0.3 is 0 Å². The van der Waals surface area contributed by atoms with Crippen molar-refractivity contribution >= 4 is 17.2 Å². The van der Waals surface area contributed by atoms with Crippen LogP contribution in [0, 0.1) is 0 Å². The topological polar surface area (TPSA) is 17.3 Å². The first-order valence-corrected chi connectivity index (χ1v) is 6.38. The van der Waals surface area contributed by atoms with Crippen molar-refractivity contribution in [1.82, 2.24) is 9.38 Å². The molecule has 2 aromatic rings. The lowest BCUT2D eigenvalue weighted by Gasteiger charge is -2.09. The van der Waals surface area contributed by atoms with Crippen LogP contribution in [-0.4, -0.2) is 9.38 Å². The number of fused-ring (bicyclic) bond motifs is 3. The zero-order chi connectivity index (χ0) is 11.0. The van der Waals surface area contributed by atoms with Gasteiger partial charge < -0.3 is 4.40 Å². The molecule has 0 unspecified atom stereocenters. The number of halogens is 1. The van der Waals surface area contributed by atoms with Gasteiger partial charge in [-0.25, -0.2) is 4.98 Å². The number of pyridine rings is 1. The Morgan fingerprint density at radius 3 is 2.75 bits per heavy atom. The van der Waals surface area contributed by atoms with E-state index in [1.165, 1.54) is 37.1 Å². The second-order valence-corrected chi connectivity index (χ2v) is 4.93. The van der Waals surface area contributed by atoms with Crippen LogP contribution in [0.15, 0.2) is 18.3 Å². The second-order valence-electron chi connectivity index (χ2n) is 4.49. The lowest BCUT2D eigenvalue weighted by Crippen LogP contribution is -2.01. The SMILES string of the molecule is Clc1ccc2nc3c(n2c1)CCCCCC3. The smallest absolute Gasteiger partial charge is 0.137 e. The minimum Gasteiger partial charge on any atom is -0.302 e. The summed E-state index contributed by atoms with van der Waals surface area (Å²) >= 11 is 6.04. The highest BCUT2D eigenvalue weighted by atomic mass is 35.5. The monoisotopic (exact) mass is 234 g/mol. The number of imidazole rings is 1. The van der Waals surface area contributed by atoms with Crippen LogP contribution in [0.5, 0.6) is 0 Å². The van der Waals surface area contributed by atoms with Gasteiger partial charge in [-0.05, 0) is 37.8 Å². The normalized spacial score (nSPS) is 16.8. The van der Waals surface area contributed by atoms with Gasteiger partial charge in [0.25, 0.3) is 0 Å². The van der Waals surface area contributed by atoms with Crippen LogP contribution in [0.2, 0.25) is 5.02 Å². The first-order valence-electron chi connectivity index (χ1n) is 6.00. The Labute approximate surface area is 100 Å². The van der Waals surface area contributed by atoms with E-state index in [9.17, 15) is 0 Å². The van der Waals surface area contributed by atoms with Gasteiger partial charge in [-0.15, -0.1) is 0 Å². The predicted octanol–water partition coefficient (Wildman–Crippen LogP) is 3.65. The van der Waals surface area contributed by atoms with Crippen molar-refractivity contribution in [3.05, 3.63) is 34.7 Å². The van der Waals surface area contributed by atoms with Crippen molar-refractivity contribution in [3.8, 4) is 0 Å². The zero-order valence-corrected chi connectivity index (χ0v) is 10.0. The zero-order valence-electron chi connectivity index (χ0n) is 9.25. The Kier molecular flexibility index (Phi) is 2.60. The minimum atomic E-state index is 0.787. The van der Waals surface area contributed by atoms with Crippen molar-refractivity contribution in [3.63, 3.8) is 0 Å². The molecule has 84 valence electrons. The van der Waals surface area contributed by atoms with E-state index in [-0.39, 0.29) is 0 Å². The summed E-state index contributed by atoms with van der Waals surface area (Å²) in [6, 6.07) is 3.92. The standard InChI is InChI=1S/C13H15ClN2/c14-10-7-8-13-15-11-5-3-1-2-4-6-12(11)16(13)9-10/h7-9H,1-6H2. The Bertz CT molecular complexity index is 516. The van der Waals surface area contributed by atoms with Crippen LogP contribution in [0.3, 0.4) is 0 Å². The van der Waals surface area contributed by atoms with Crippen molar-refractivity contribution in [2.45, 2.75) is 38.5 Å². The van der Waals surface area contributed by atoms with E-state index in [0.29, 0.717) is 0 Å². The summed E-state index contributed by atoms with van der Waals surface area (Å²) in [5.74, 6) is 0. The van der Waals surface area contributed by atoms with Gasteiger partial charge in [0.05, 0.1) is 10.7 Å². The molecule has 2 heterocycles. The van der Waals surface area contributed by atoms with Crippen LogP contribution < -0.4 is 0 Å². The third-order valence-corrected chi connectivity index (χ3v) is 3.57. The number of hydrogen-bond acceptors (Lipinski definition) is 1. The molecule has 0 spiro atoms. The molecule has 2 nitrogen and oxygen atoms in total. The summed E-state index contributed by atoms with van der Waals surface area (Å²) in [7, 11) is 0. The van der Waals surface area contributed by atoms with Gasteiger partial charge in [-0.3, -0.25) is 0 Å². The Morgan fingerprint density at radius 1 is 1.06 bits per heavy atom. The summed E-state index contributed by atoms with van der Waals surface area (Å²) in [4.78, 5) is 4.70. The number of hydrogen-bond donors (Lipinski definition) is 0. The molecule has 0 radical (unpaired) electrons. The molecule has 16 heavy (non-hydrogen) atoms. The van der Waals surface area contributed by atoms with Crippen molar-refractivity contribution in [2.24, 2.45) is 0 Å². The second kappa shape index (κ2) is 4.10. The average Bonchev–Trinajstić information content (AvgIpc) is 2.55. The Balaban J connectivity index is 2.17. The largest absolute Gasteiger partial charge is 0.302 e. The van der Waals surface area contributed by atoms with Crippen LogP contribution in [-0.2, 0) is 12.8 Å². The van der Waals surface area contributed by atoms with Crippen molar-refractivity contribution in [1.29, 1.82) is 0 Å². The number of nitrogens with zero attached hydrogens (tertiary/aromatic N) is 2. The quantitative estimate of drug-likeness (QED) is 0.680. The third kappa shape index (κ3) is 1.71. The van der Waals surface area contributed by atoms with E-state index in [4.69, 9.17) is 16.6 Å². The first kappa shape index (κ1) is 10.2. The van der Waals surface area contributed by atoms with Gasteiger partial charge in [0.1, 0.15) is 5.65 Å². The average molecular weight is 235 g/mol. The molecule has 0 N–H and O–H groups in total. The summed E-state index contributed by atoms with van der Waals surface area (Å²) in [6.45, 7) is 0. The molecule has 0 bridgehead atoms. The summed E-state index contributed by atoms with van der Waals surface area (Å²) in [5, 5.41) is 0.787. The van der Waals surface area contributed by atoms with E-state index < -0.39 is 0 Å². The summed E-state index contributed by atoms with van der Waals surface area (Å²) in [5.41, 5.74) is 3.69. The van der Waals surface area contributed by atoms with Crippen molar-refractivity contribution in [2.75, 3.05) is 0 Å². The molecule has 0 amide bonds. The van der Waals surface area contributed by atoms with Gasteiger partial charge in [-0.1, -0.05) is 24.4 Å². The molecule has 0 fully saturated rings. The highest BCUT2D eigenvalue weighted by molar-refractivity contribution is 6.30. The van der Waals surface area contributed by atoms with Crippen molar-refractivity contribution < 1.29 is 0 Å². The van der Waals surface area contributed by atoms with E-state index in [1.807, 2.05) is 18.3 Å². The lowest BCUT2D eigenvalue weighted by molar-refractivity contribution is 0.605. The van der Waals surface area contributed by atoms with E-state index in [2.05, 4.69) is 4.40 Å². The lowest BCUT2D eigenvalue weighted by atomic mass is 10.0. The van der Waals surface area contributed by atoms with Gasteiger partial charge in [-0.2, -0.15) is 0 Å². The fourth-order valence-electron chi connectivity index (χ4n) is 2.52. The maximum absolute atomic E-state index is 6.04. The molecule has 0 aliphatic heterocycles. The molecule has 0 saturated carbocycles. The molecule has 1 aliphatic rings. The van der Waals surface area contributed by atoms with Crippen LogP contribution >= 0.6 is 11.6 Å². The van der Waals surface area contributed by atoms with Crippen LogP contribution in [0.25, 0.3) is 5.65 Å². The van der Waals surface area contributed by atoms with Crippen LogP contribution in [0.4, 0.5) is 0 Å². The van der Waals surface area contributed by atoms with Crippen LogP contribution in [0.1, 0.15) is 37.1 Å². The summed E-state index contributed by atoms with van der Waals surface area (Å²) < 4.78 is 2.17. The Hall–Kier alpha value is -1.02. The molecule has 2 aromatic heterocycles. The Morgan fingerprint density at radius 2 is 1.88 bits per heavy atom. The van der Waals surface area contributed by atoms with E-state index in [1.54, 1.807) is 0 Å². The molecule has 3 rings (SSSR count). The minimum absolute atomic E-state index is 0.787. The van der Waals surface area contributed by atoms with E-state index in [0.717, 1.165) is 23.5 Å². The van der Waals surface area contributed by atoms with Gasteiger partial charge in [0, 0.05) is 11.9 Å². The first-order chi connectivity index (χ1) is 7.84. The third-order valence-electron chi connectivity index (χ3n) is 3.34. The molecule has 1 aliphatic carbocycles. The number of aryl methyl sites for hydroxylation is 2. The molecular formula is C13H15ClN2. The number of aromatic nitrogens is 2. The molecule has 0 aromatic carbocycles. The molecular weight excluding hydrogens is 220 g/mol. The maximum atomic E-state index is 6.04. The van der Waals surface area contributed by atoms with Gasteiger partial charge in [0.2, 0.25) is 0 Å². The fraction of sp³-hybridized carbons (Fsp3) is 0.462.